The number of rotatable bonds is 5. The van der Waals surface area contributed by atoms with Gasteiger partial charge >= 0.3 is 0 Å². The lowest BCUT2D eigenvalue weighted by molar-refractivity contribution is 0.0945. The number of ether oxygens (including phenoxy) is 1. The van der Waals surface area contributed by atoms with Crippen molar-refractivity contribution in [1.82, 2.24) is 15.1 Å². The van der Waals surface area contributed by atoms with Crippen molar-refractivity contribution >= 4 is 16.7 Å². The van der Waals surface area contributed by atoms with Crippen LogP contribution < -0.4 is 10.9 Å². The first kappa shape index (κ1) is 18.4. The molecular weight excluding hydrogens is 354 g/mol. The predicted octanol–water partition coefficient (Wildman–Crippen LogP) is 3.01. The first-order valence-electron chi connectivity index (χ1n) is 9.49. The zero-order chi connectivity index (χ0) is 19.7. The number of nitrogens with one attached hydrogen (secondary N) is 1. The predicted molar refractivity (Wildman–Crippen MR) is 107 cm³/mol. The van der Waals surface area contributed by atoms with Crippen LogP contribution in [-0.2, 0) is 31.0 Å². The highest BCUT2D eigenvalue weighted by Gasteiger charge is 2.17. The maximum Gasteiger partial charge on any atom is 0.274 e. The molecule has 28 heavy (non-hydrogen) atoms. The molecular formula is C22H23N3O3. The van der Waals surface area contributed by atoms with Gasteiger partial charge in [-0.1, -0.05) is 50.2 Å². The Morgan fingerprint density at radius 1 is 1.14 bits per heavy atom. The molecule has 0 atom stereocenters. The van der Waals surface area contributed by atoms with Gasteiger partial charge in [0.15, 0.2) is 5.69 Å². The third-order valence-electron chi connectivity index (χ3n) is 4.86. The third kappa shape index (κ3) is 3.55. The van der Waals surface area contributed by atoms with E-state index in [9.17, 15) is 9.59 Å². The Hall–Kier alpha value is -2.99. The van der Waals surface area contributed by atoms with Crippen molar-refractivity contribution in [2.24, 2.45) is 5.92 Å². The number of nitrogens with zero attached hydrogens (tertiary/aromatic N) is 2. The van der Waals surface area contributed by atoms with Crippen molar-refractivity contribution in [3.05, 3.63) is 75.2 Å². The molecule has 2 heterocycles. The Balaban J connectivity index is 1.63. The monoisotopic (exact) mass is 377 g/mol. The lowest BCUT2D eigenvalue weighted by Crippen LogP contribution is -2.31. The molecule has 0 unspecified atom stereocenters. The first-order valence-corrected chi connectivity index (χ1v) is 9.49. The van der Waals surface area contributed by atoms with Gasteiger partial charge in [-0.25, -0.2) is 4.68 Å². The van der Waals surface area contributed by atoms with E-state index in [0.29, 0.717) is 37.1 Å². The highest BCUT2D eigenvalue weighted by atomic mass is 16.5. The van der Waals surface area contributed by atoms with Gasteiger partial charge in [0.05, 0.1) is 18.6 Å². The molecule has 0 spiro atoms. The van der Waals surface area contributed by atoms with Crippen LogP contribution in [0.5, 0.6) is 0 Å². The van der Waals surface area contributed by atoms with Crippen molar-refractivity contribution in [2.45, 2.75) is 40.2 Å². The molecule has 6 nitrogen and oxygen atoms in total. The number of hydrogen-bond donors (Lipinski definition) is 1. The Labute approximate surface area is 163 Å². The van der Waals surface area contributed by atoms with E-state index >= 15 is 0 Å². The molecule has 0 saturated heterocycles. The Bertz CT molecular complexity index is 1100. The minimum absolute atomic E-state index is 0.167. The molecule has 0 fully saturated rings. The highest BCUT2D eigenvalue weighted by molar-refractivity contribution is 6.04. The first-order chi connectivity index (χ1) is 13.5. The summed E-state index contributed by atoms with van der Waals surface area (Å²) >= 11 is 0. The van der Waals surface area contributed by atoms with Gasteiger partial charge in [-0.05, 0) is 28.7 Å². The van der Waals surface area contributed by atoms with E-state index in [2.05, 4.69) is 16.5 Å². The summed E-state index contributed by atoms with van der Waals surface area (Å²) in [6.45, 7) is 6.15. The Kier molecular flexibility index (Phi) is 4.96. The van der Waals surface area contributed by atoms with Crippen LogP contribution in [0.1, 0.15) is 41.0 Å². The second-order valence-corrected chi connectivity index (χ2v) is 7.55. The van der Waals surface area contributed by atoms with E-state index < -0.39 is 0 Å². The largest absolute Gasteiger partial charge is 0.372 e. The molecule has 4 rings (SSSR count). The quantitative estimate of drug-likeness (QED) is 0.742. The molecule has 0 bridgehead atoms. The van der Waals surface area contributed by atoms with Crippen LogP contribution in [0, 0.1) is 5.92 Å². The zero-order valence-corrected chi connectivity index (χ0v) is 16.1. The number of aromatic nitrogens is 2. The van der Waals surface area contributed by atoms with Crippen molar-refractivity contribution in [2.75, 3.05) is 0 Å². The van der Waals surface area contributed by atoms with E-state index in [1.165, 1.54) is 15.8 Å². The fraction of sp³-hybridized carbons (Fsp3) is 0.318. The molecule has 1 N–H and O–H groups in total. The second kappa shape index (κ2) is 7.56. The topological polar surface area (TPSA) is 73.2 Å². The number of hydrogen-bond acceptors (Lipinski definition) is 4. The lowest BCUT2D eigenvalue weighted by Gasteiger charge is -2.13. The Morgan fingerprint density at radius 2 is 1.89 bits per heavy atom. The summed E-state index contributed by atoms with van der Waals surface area (Å²) in [4.78, 5) is 25.6. The van der Waals surface area contributed by atoms with Gasteiger partial charge in [-0.2, -0.15) is 5.10 Å². The fourth-order valence-electron chi connectivity index (χ4n) is 3.47. The van der Waals surface area contributed by atoms with E-state index in [1.54, 1.807) is 18.2 Å². The van der Waals surface area contributed by atoms with Gasteiger partial charge in [-0.15, -0.1) is 0 Å². The number of carbonyl (C=O) groups is 1. The van der Waals surface area contributed by atoms with Crippen LogP contribution in [0.25, 0.3) is 10.8 Å². The fourth-order valence-corrected chi connectivity index (χ4v) is 3.47. The molecule has 1 aliphatic rings. The molecule has 144 valence electrons. The van der Waals surface area contributed by atoms with Crippen molar-refractivity contribution in [1.29, 1.82) is 0 Å². The molecule has 3 aromatic rings. The lowest BCUT2D eigenvalue weighted by atomic mass is 10.1. The van der Waals surface area contributed by atoms with Crippen molar-refractivity contribution in [3.63, 3.8) is 0 Å². The maximum absolute atomic E-state index is 12.9. The number of fused-ring (bicyclic) bond motifs is 2. The summed E-state index contributed by atoms with van der Waals surface area (Å²) in [6.07, 6.45) is 0. The number of benzene rings is 2. The minimum atomic E-state index is -0.287. The summed E-state index contributed by atoms with van der Waals surface area (Å²) in [7, 11) is 0. The van der Waals surface area contributed by atoms with E-state index in [1.807, 2.05) is 32.0 Å². The summed E-state index contributed by atoms with van der Waals surface area (Å²) in [5.74, 6) is -0.0404. The van der Waals surface area contributed by atoms with Gasteiger partial charge in [0.25, 0.3) is 11.5 Å². The standard InChI is InChI=1S/C22H23N3O3/c1-14(2)11-25-22(27)19-6-4-3-5-18(19)20(24-25)21(26)23-10-15-7-8-16-12-28-13-17(16)9-15/h3-9,14H,10-13H2,1-2H3,(H,23,26). The number of carbonyl (C=O) groups excluding carboxylic acids is 1. The van der Waals surface area contributed by atoms with Crippen LogP contribution >= 0.6 is 0 Å². The summed E-state index contributed by atoms with van der Waals surface area (Å²) < 4.78 is 6.84. The minimum Gasteiger partial charge on any atom is -0.372 e. The van der Waals surface area contributed by atoms with Gasteiger partial charge in [-0.3, -0.25) is 9.59 Å². The van der Waals surface area contributed by atoms with E-state index in [0.717, 1.165) is 5.56 Å². The molecule has 0 aliphatic carbocycles. The van der Waals surface area contributed by atoms with E-state index in [-0.39, 0.29) is 23.1 Å². The van der Waals surface area contributed by atoms with Crippen LogP contribution in [0.2, 0.25) is 0 Å². The van der Waals surface area contributed by atoms with Gasteiger partial charge in [0.1, 0.15) is 0 Å². The van der Waals surface area contributed by atoms with Gasteiger partial charge in [0, 0.05) is 18.5 Å². The highest BCUT2D eigenvalue weighted by Crippen LogP contribution is 2.21. The van der Waals surface area contributed by atoms with Crippen molar-refractivity contribution < 1.29 is 9.53 Å². The molecule has 2 aromatic carbocycles. The Morgan fingerprint density at radius 3 is 2.68 bits per heavy atom. The van der Waals surface area contributed by atoms with Crippen LogP contribution in [0.3, 0.4) is 0 Å². The smallest absolute Gasteiger partial charge is 0.274 e. The van der Waals surface area contributed by atoms with Gasteiger partial charge < -0.3 is 10.1 Å². The molecule has 0 radical (unpaired) electrons. The normalized spacial score (nSPS) is 13.1. The molecule has 6 heteroatoms. The number of amides is 1. The van der Waals surface area contributed by atoms with Crippen LogP contribution in [0.4, 0.5) is 0 Å². The van der Waals surface area contributed by atoms with Crippen molar-refractivity contribution in [3.8, 4) is 0 Å². The average Bonchev–Trinajstić information content (AvgIpc) is 3.16. The molecule has 0 saturated carbocycles. The van der Waals surface area contributed by atoms with Crippen LogP contribution in [-0.4, -0.2) is 15.7 Å². The second-order valence-electron chi connectivity index (χ2n) is 7.55. The molecule has 1 aliphatic heterocycles. The molecule has 1 amide bonds. The van der Waals surface area contributed by atoms with E-state index in [4.69, 9.17) is 4.74 Å². The third-order valence-corrected chi connectivity index (χ3v) is 4.86. The average molecular weight is 377 g/mol. The zero-order valence-electron chi connectivity index (χ0n) is 16.1. The van der Waals surface area contributed by atoms with Gasteiger partial charge in [0.2, 0.25) is 0 Å². The summed E-state index contributed by atoms with van der Waals surface area (Å²) in [5, 5.41) is 8.41. The van der Waals surface area contributed by atoms with Crippen LogP contribution in [0.15, 0.2) is 47.3 Å². The SMILES string of the molecule is CC(C)Cn1nc(C(=O)NCc2ccc3c(c2)COC3)c2ccccc2c1=O. The maximum atomic E-state index is 12.9. The molecule has 1 aromatic heterocycles. The summed E-state index contributed by atoms with van der Waals surface area (Å²) in [5.41, 5.74) is 3.49. The summed E-state index contributed by atoms with van der Waals surface area (Å²) in [6, 6.07) is 13.2.